The topological polar surface area (TPSA) is 78.7 Å². The average Bonchev–Trinajstić information content (AvgIpc) is 2.46. The van der Waals surface area contributed by atoms with Gasteiger partial charge in [0.05, 0.1) is 18.4 Å². The monoisotopic (exact) mass is 292 g/mol. The normalized spacial score (nSPS) is 17.0. The summed E-state index contributed by atoms with van der Waals surface area (Å²) in [6, 6.07) is 1.56. The zero-order chi connectivity index (χ0) is 15.4. The van der Waals surface area contributed by atoms with Gasteiger partial charge in [-0.05, 0) is 14.0 Å². The summed E-state index contributed by atoms with van der Waals surface area (Å²) in [5.74, 6) is -0.989. The lowest BCUT2D eigenvalue weighted by Crippen LogP contribution is -2.45. The second-order valence-corrected chi connectivity index (χ2v) is 5.22. The van der Waals surface area contributed by atoms with Crippen molar-refractivity contribution in [1.29, 1.82) is 0 Å². The van der Waals surface area contributed by atoms with Gasteiger partial charge < -0.3 is 14.9 Å². The number of carbonyl (C=O) groups is 1. The van der Waals surface area contributed by atoms with Crippen LogP contribution in [0.3, 0.4) is 0 Å². The number of carboxylic acids is 1. The van der Waals surface area contributed by atoms with Crippen LogP contribution in [-0.4, -0.2) is 59.0 Å². The SMILES string of the molecule is C/C(=C/Cn1ncc(N2CCN(C)CC2)cc1=O)C(=O)O. The van der Waals surface area contributed by atoms with Crippen LogP contribution >= 0.6 is 0 Å². The summed E-state index contributed by atoms with van der Waals surface area (Å²) in [5, 5.41) is 12.9. The largest absolute Gasteiger partial charge is 0.478 e. The number of likely N-dealkylation sites (N-methyl/N-ethyl adjacent to an activating group) is 1. The van der Waals surface area contributed by atoms with Crippen LogP contribution in [0.4, 0.5) is 5.69 Å². The van der Waals surface area contributed by atoms with Gasteiger partial charge in [-0.3, -0.25) is 4.79 Å². The highest BCUT2D eigenvalue weighted by molar-refractivity contribution is 5.85. The number of anilines is 1. The number of aromatic nitrogens is 2. The van der Waals surface area contributed by atoms with E-state index in [9.17, 15) is 9.59 Å². The minimum absolute atomic E-state index is 0.167. The van der Waals surface area contributed by atoms with Gasteiger partial charge in [0.2, 0.25) is 0 Å². The average molecular weight is 292 g/mol. The molecule has 0 bridgehead atoms. The lowest BCUT2D eigenvalue weighted by molar-refractivity contribution is -0.132. The Morgan fingerprint density at radius 3 is 2.62 bits per heavy atom. The summed E-state index contributed by atoms with van der Waals surface area (Å²) in [6.45, 7) is 5.33. The number of aliphatic carboxylic acids is 1. The highest BCUT2D eigenvalue weighted by atomic mass is 16.4. The summed E-state index contributed by atoms with van der Waals surface area (Å²) in [5.41, 5.74) is 0.802. The lowest BCUT2D eigenvalue weighted by Gasteiger charge is -2.33. The molecule has 1 aromatic rings. The Morgan fingerprint density at radius 2 is 2.05 bits per heavy atom. The summed E-state index contributed by atoms with van der Waals surface area (Å²) in [4.78, 5) is 27.1. The van der Waals surface area contributed by atoms with Crippen molar-refractivity contribution < 1.29 is 9.90 Å². The summed E-state index contributed by atoms with van der Waals surface area (Å²) in [7, 11) is 2.07. The molecule has 2 rings (SSSR count). The molecule has 0 radical (unpaired) electrons. The van der Waals surface area contributed by atoms with Crippen molar-refractivity contribution in [2.75, 3.05) is 38.1 Å². The standard InChI is InChI=1S/C14H20N4O3/c1-11(14(20)21)3-4-18-13(19)9-12(10-15-18)17-7-5-16(2)6-8-17/h3,9-10H,4-8H2,1-2H3,(H,20,21)/b11-3-. The van der Waals surface area contributed by atoms with Gasteiger partial charge >= 0.3 is 5.97 Å². The number of hydrogen-bond acceptors (Lipinski definition) is 5. The first kappa shape index (κ1) is 15.2. The van der Waals surface area contributed by atoms with Gasteiger partial charge in [0.1, 0.15) is 0 Å². The Balaban J connectivity index is 2.09. The number of rotatable bonds is 4. The molecule has 0 aromatic carbocycles. The van der Waals surface area contributed by atoms with Crippen molar-refractivity contribution in [2.24, 2.45) is 0 Å². The van der Waals surface area contributed by atoms with E-state index in [1.807, 2.05) is 0 Å². The summed E-state index contributed by atoms with van der Waals surface area (Å²) in [6.07, 6.45) is 3.14. The van der Waals surface area contributed by atoms with Gasteiger partial charge in [-0.15, -0.1) is 0 Å². The molecular weight excluding hydrogens is 272 g/mol. The molecule has 7 heteroatoms. The second-order valence-electron chi connectivity index (χ2n) is 5.22. The minimum atomic E-state index is -0.989. The van der Waals surface area contributed by atoms with E-state index in [1.54, 1.807) is 12.3 Å². The van der Waals surface area contributed by atoms with Crippen molar-refractivity contribution in [3.63, 3.8) is 0 Å². The molecule has 1 aromatic heterocycles. The molecule has 1 N–H and O–H groups in total. The maximum absolute atomic E-state index is 12.0. The van der Waals surface area contributed by atoms with Gasteiger partial charge in [0.25, 0.3) is 5.56 Å². The van der Waals surface area contributed by atoms with E-state index in [0.717, 1.165) is 31.9 Å². The van der Waals surface area contributed by atoms with Crippen LogP contribution < -0.4 is 10.5 Å². The second kappa shape index (κ2) is 6.53. The first-order valence-electron chi connectivity index (χ1n) is 6.88. The fourth-order valence-corrected chi connectivity index (χ4v) is 2.11. The molecule has 2 heterocycles. The third-order valence-electron chi connectivity index (χ3n) is 3.63. The van der Waals surface area contributed by atoms with Crippen molar-refractivity contribution in [1.82, 2.24) is 14.7 Å². The van der Waals surface area contributed by atoms with Crippen molar-refractivity contribution in [2.45, 2.75) is 13.5 Å². The van der Waals surface area contributed by atoms with Crippen LogP contribution in [-0.2, 0) is 11.3 Å². The molecule has 1 saturated heterocycles. The minimum Gasteiger partial charge on any atom is -0.478 e. The summed E-state index contributed by atoms with van der Waals surface area (Å²) >= 11 is 0. The fourth-order valence-electron chi connectivity index (χ4n) is 2.11. The first-order valence-corrected chi connectivity index (χ1v) is 6.88. The molecule has 1 fully saturated rings. The molecule has 0 amide bonds. The smallest absolute Gasteiger partial charge is 0.331 e. The molecule has 0 unspecified atom stereocenters. The van der Waals surface area contributed by atoms with Crippen LogP contribution in [0.5, 0.6) is 0 Å². The molecule has 0 spiro atoms. The number of piperazine rings is 1. The maximum atomic E-state index is 12.0. The Kier molecular flexibility index (Phi) is 4.74. The molecule has 0 aliphatic carbocycles. The zero-order valence-corrected chi connectivity index (χ0v) is 12.3. The Labute approximate surface area is 123 Å². The van der Waals surface area contributed by atoms with E-state index in [1.165, 1.54) is 17.7 Å². The fraction of sp³-hybridized carbons (Fsp3) is 0.500. The quantitative estimate of drug-likeness (QED) is 0.789. The van der Waals surface area contributed by atoms with Crippen molar-refractivity contribution in [3.05, 3.63) is 34.3 Å². The van der Waals surface area contributed by atoms with Crippen LogP contribution in [0, 0.1) is 0 Å². The first-order chi connectivity index (χ1) is 9.97. The van der Waals surface area contributed by atoms with E-state index >= 15 is 0 Å². The lowest BCUT2D eigenvalue weighted by atomic mass is 10.3. The Morgan fingerprint density at radius 1 is 1.38 bits per heavy atom. The number of allylic oxidation sites excluding steroid dienone is 1. The molecular formula is C14H20N4O3. The van der Waals surface area contributed by atoms with Gasteiger partial charge in [0.15, 0.2) is 0 Å². The molecule has 7 nitrogen and oxygen atoms in total. The third-order valence-corrected chi connectivity index (χ3v) is 3.63. The van der Waals surface area contributed by atoms with Crippen molar-refractivity contribution >= 4 is 11.7 Å². The number of carboxylic acid groups (broad SMARTS) is 1. The highest BCUT2D eigenvalue weighted by Crippen LogP contribution is 2.12. The molecule has 0 atom stereocenters. The van der Waals surface area contributed by atoms with E-state index in [-0.39, 0.29) is 17.7 Å². The Bertz CT molecular complexity index is 600. The molecule has 1 aliphatic rings. The van der Waals surface area contributed by atoms with Crippen molar-refractivity contribution in [3.8, 4) is 0 Å². The van der Waals surface area contributed by atoms with Gasteiger partial charge in [0, 0.05) is 37.8 Å². The predicted octanol–water partition coefficient (Wildman–Crippen LogP) is 0.0260. The summed E-state index contributed by atoms with van der Waals surface area (Å²) < 4.78 is 1.26. The molecule has 0 saturated carbocycles. The van der Waals surface area contributed by atoms with Crippen LogP contribution in [0.2, 0.25) is 0 Å². The van der Waals surface area contributed by atoms with E-state index in [4.69, 9.17) is 5.11 Å². The van der Waals surface area contributed by atoms with Gasteiger partial charge in [-0.2, -0.15) is 5.10 Å². The van der Waals surface area contributed by atoms with E-state index in [0.29, 0.717) is 0 Å². The molecule has 114 valence electrons. The van der Waals surface area contributed by atoms with Gasteiger partial charge in [-0.25, -0.2) is 9.48 Å². The van der Waals surface area contributed by atoms with Crippen LogP contribution in [0.25, 0.3) is 0 Å². The van der Waals surface area contributed by atoms with Crippen LogP contribution in [0.1, 0.15) is 6.92 Å². The van der Waals surface area contributed by atoms with E-state index in [2.05, 4.69) is 21.9 Å². The Hall–Kier alpha value is -2.15. The molecule has 1 aliphatic heterocycles. The third kappa shape index (κ3) is 3.91. The van der Waals surface area contributed by atoms with E-state index < -0.39 is 5.97 Å². The van der Waals surface area contributed by atoms with Gasteiger partial charge in [-0.1, -0.05) is 6.08 Å². The predicted molar refractivity (Wildman–Crippen MR) is 79.6 cm³/mol. The molecule has 21 heavy (non-hydrogen) atoms. The maximum Gasteiger partial charge on any atom is 0.331 e. The van der Waals surface area contributed by atoms with Crippen LogP contribution in [0.15, 0.2) is 28.7 Å². The zero-order valence-electron chi connectivity index (χ0n) is 12.3. The number of nitrogens with zero attached hydrogens (tertiary/aromatic N) is 4. The highest BCUT2D eigenvalue weighted by Gasteiger charge is 2.15. The number of hydrogen-bond donors (Lipinski definition) is 1.